The summed E-state index contributed by atoms with van der Waals surface area (Å²) in [6.07, 6.45) is 10.1. The number of aliphatic imine (C=N–C) groups is 1. The summed E-state index contributed by atoms with van der Waals surface area (Å²) in [5.74, 6) is 0.857. The zero-order chi connectivity index (χ0) is 17.7. The molecule has 1 aromatic rings. The molecular weight excluding hydrogens is 332 g/mol. The van der Waals surface area contributed by atoms with Crippen LogP contribution in [0, 0.1) is 5.92 Å². The summed E-state index contributed by atoms with van der Waals surface area (Å²) in [4.78, 5) is 18.7. The van der Waals surface area contributed by atoms with Crippen LogP contribution in [0.5, 0.6) is 0 Å². The molecule has 1 saturated carbocycles. The van der Waals surface area contributed by atoms with E-state index in [0.717, 1.165) is 54.2 Å². The lowest BCUT2D eigenvalue weighted by molar-refractivity contribution is -0.120. The number of amides is 1. The van der Waals surface area contributed by atoms with E-state index in [4.69, 9.17) is 10.5 Å². The summed E-state index contributed by atoms with van der Waals surface area (Å²) in [5.41, 5.74) is 10.6. The molecule has 0 spiro atoms. The van der Waals surface area contributed by atoms with Gasteiger partial charge in [-0.2, -0.15) is 5.10 Å². The van der Waals surface area contributed by atoms with Gasteiger partial charge in [0.2, 0.25) is 5.91 Å². The molecule has 0 aromatic carbocycles. The predicted molar refractivity (Wildman–Crippen MR) is 94.4 cm³/mol. The van der Waals surface area contributed by atoms with E-state index in [2.05, 4.69) is 25.4 Å². The topological polar surface area (TPSA) is 109 Å². The summed E-state index contributed by atoms with van der Waals surface area (Å²) < 4.78 is 5.76. The minimum absolute atomic E-state index is 0.305. The van der Waals surface area contributed by atoms with Crippen molar-refractivity contribution in [2.24, 2.45) is 16.6 Å². The van der Waals surface area contributed by atoms with Gasteiger partial charge in [-0.25, -0.2) is 4.99 Å². The van der Waals surface area contributed by atoms with Crippen LogP contribution in [-0.4, -0.2) is 46.0 Å². The summed E-state index contributed by atoms with van der Waals surface area (Å²) in [7, 11) is 0. The van der Waals surface area contributed by atoms with Gasteiger partial charge >= 0.3 is 0 Å². The normalized spacial score (nSPS) is 22.6. The van der Waals surface area contributed by atoms with E-state index in [1.54, 1.807) is 12.5 Å². The molecule has 4 aliphatic rings. The molecule has 26 heavy (non-hydrogen) atoms. The van der Waals surface area contributed by atoms with Gasteiger partial charge in [-0.05, 0) is 30.8 Å². The van der Waals surface area contributed by atoms with Gasteiger partial charge in [0.1, 0.15) is 24.7 Å². The highest BCUT2D eigenvalue weighted by atomic mass is 16.5. The number of carbonyl (C=O) groups is 1. The number of rotatable bonds is 5. The lowest BCUT2D eigenvalue weighted by Gasteiger charge is -2.29. The van der Waals surface area contributed by atoms with E-state index in [-0.39, 0.29) is 11.9 Å². The summed E-state index contributed by atoms with van der Waals surface area (Å²) in [5, 5.41) is 10.2. The number of ether oxygens (including phenoxy) is 1. The number of nitrogens with two attached hydrogens (primary N) is 1. The van der Waals surface area contributed by atoms with E-state index < -0.39 is 0 Å². The predicted octanol–water partition coefficient (Wildman–Crippen LogP) is 0.739. The SMILES string of the molecule is NC(=O)C(NC1=COCC2=C3C1=CN=C(c1cn[nH]c1)N3CC2)C1CC1. The van der Waals surface area contributed by atoms with Crippen molar-refractivity contribution in [3.05, 3.63) is 53.0 Å². The van der Waals surface area contributed by atoms with E-state index in [1.165, 1.54) is 5.57 Å². The minimum Gasteiger partial charge on any atom is -0.495 e. The molecule has 0 radical (unpaired) electrons. The van der Waals surface area contributed by atoms with Gasteiger partial charge in [-0.3, -0.25) is 9.89 Å². The first-order chi connectivity index (χ1) is 12.7. The zero-order valence-corrected chi connectivity index (χ0v) is 14.2. The Morgan fingerprint density at radius 3 is 3.08 bits per heavy atom. The number of nitrogens with zero attached hydrogens (tertiary/aromatic N) is 3. The highest BCUT2D eigenvalue weighted by Crippen LogP contribution is 2.39. The maximum Gasteiger partial charge on any atom is 0.240 e. The van der Waals surface area contributed by atoms with Crippen molar-refractivity contribution < 1.29 is 9.53 Å². The lowest BCUT2D eigenvalue weighted by Crippen LogP contribution is -2.43. The number of aromatic amines is 1. The Labute approximate surface area is 150 Å². The molecule has 1 aliphatic carbocycles. The monoisotopic (exact) mass is 352 g/mol. The molecule has 1 fully saturated rings. The second-order valence-electron chi connectivity index (χ2n) is 7.04. The Morgan fingerprint density at radius 1 is 1.46 bits per heavy atom. The molecule has 8 heteroatoms. The van der Waals surface area contributed by atoms with Crippen molar-refractivity contribution in [1.29, 1.82) is 0 Å². The number of hydrogen-bond donors (Lipinski definition) is 3. The quantitative estimate of drug-likeness (QED) is 0.724. The number of primary amides is 1. The number of amidine groups is 1. The van der Waals surface area contributed by atoms with Gasteiger partial charge in [0.25, 0.3) is 0 Å². The van der Waals surface area contributed by atoms with Crippen LogP contribution < -0.4 is 11.1 Å². The van der Waals surface area contributed by atoms with Crippen LogP contribution >= 0.6 is 0 Å². The Hall–Kier alpha value is -3.03. The number of H-pyrrole nitrogens is 1. The first kappa shape index (κ1) is 15.2. The van der Waals surface area contributed by atoms with Gasteiger partial charge in [0, 0.05) is 24.5 Å². The van der Waals surface area contributed by atoms with Gasteiger partial charge < -0.3 is 20.7 Å². The summed E-state index contributed by atoms with van der Waals surface area (Å²) >= 11 is 0. The van der Waals surface area contributed by atoms with Crippen LogP contribution in [0.1, 0.15) is 24.8 Å². The second kappa shape index (κ2) is 5.76. The summed E-state index contributed by atoms with van der Waals surface area (Å²) in [6, 6.07) is -0.373. The molecular formula is C18H20N6O2. The highest BCUT2D eigenvalue weighted by molar-refractivity contribution is 6.01. The van der Waals surface area contributed by atoms with Crippen LogP contribution in [0.4, 0.5) is 0 Å². The van der Waals surface area contributed by atoms with Crippen molar-refractivity contribution in [2.75, 3.05) is 13.2 Å². The minimum atomic E-state index is -0.373. The van der Waals surface area contributed by atoms with Crippen molar-refractivity contribution in [2.45, 2.75) is 25.3 Å². The Kier molecular flexibility index (Phi) is 3.37. The van der Waals surface area contributed by atoms with Crippen molar-refractivity contribution >= 4 is 11.7 Å². The van der Waals surface area contributed by atoms with Gasteiger partial charge in [0.15, 0.2) is 0 Å². The Morgan fingerprint density at radius 2 is 2.35 bits per heavy atom. The maximum atomic E-state index is 11.9. The fourth-order valence-electron chi connectivity index (χ4n) is 3.83. The highest BCUT2D eigenvalue weighted by Gasteiger charge is 2.39. The largest absolute Gasteiger partial charge is 0.495 e. The standard InChI is InChI=1S/C18H20N6O2/c19-17(25)15(10-1-2-10)23-14-9-26-8-11-3-4-24-16(11)13(14)7-20-18(24)12-5-21-22-6-12/h5-7,9-10,15,23H,1-4,8H2,(H2,19,25)(H,21,22). The second-order valence-corrected chi connectivity index (χ2v) is 7.04. The third-order valence-electron chi connectivity index (χ3n) is 5.29. The Bertz CT molecular complexity index is 876. The van der Waals surface area contributed by atoms with Gasteiger partial charge in [0.05, 0.1) is 23.2 Å². The van der Waals surface area contributed by atoms with E-state index >= 15 is 0 Å². The van der Waals surface area contributed by atoms with Gasteiger partial charge in [-0.15, -0.1) is 0 Å². The van der Waals surface area contributed by atoms with Crippen LogP contribution in [0.2, 0.25) is 0 Å². The van der Waals surface area contributed by atoms with E-state index in [9.17, 15) is 4.79 Å². The molecule has 0 saturated heterocycles. The third-order valence-corrected chi connectivity index (χ3v) is 5.29. The molecule has 1 aromatic heterocycles. The molecule has 0 bridgehead atoms. The first-order valence-corrected chi connectivity index (χ1v) is 8.87. The number of carbonyl (C=O) groups excluding carboxylic acids is 1. The average molecular weight is 352 g/mol. The van der Waals surface area contributed by atoms with Crippen LogP contribution in [0.3, 0.4) is 0 Å². The summed E-state index contributed by atoms with van der Waals surface area (Å²) in [6.45, 7) is 1.39. The maximum absolute atomic E-state index is 11.9. The number of aromatic nitrogens is 2. The van der Waals surface area contributed by atoms with Crippen molar-refractivity contribution in [3.8, 4) is 0 Å². The molecule has 8 nitrogen and oxygen atoms in total. The van der Waals surface area contributed by atoms with E-state index in [0.29, 0.717) is 12.5 Å². The lowest BCUT2D eigenvalue weighted by atomic mass is 10.0. The molecule has 1 unspecified atom stereocenters. The molecule has 4 heterocycles. The zero-order valence-electron chi connectivity index (χ0n) is 14.2. The average Bonchev–Trinajstić information content (AvgIpc) is 3.20. The first-order valence-electron chi connectivity index (χ1n) is 8.87. The molecule has 4 N–H and O–H groups in total. The van der Waals surface area contributed by atoms with Crippen LogP contribution in [0.15, 0.2) is 52.4 Å². The molecule has 134 valence electrons. The number of hydrogen-bond acceptors (Lipinski definition) is 6. The third kappa shape index (κ3) is 2.40. The Balaban J connectivity index is 1.53. The van der Waals surface area contributed by atoms with Crippen LogP contribution in [0.25, 0.3) is 0 Å². The van der Waals surface area contributed by atoms with Crippen molar-refractivity contribution in [1.82, 2.24) is 20.4 Å². The molecule has 1 amide bonds. The van der Waals surface area contributed by atoms with Gasteiger partial charge in [-0.1, -0.05) is 0 Å². The molecule has 1 atom stereocenters. The fraction of sp³-hybridized carbons (Fsp3) is 0.389. The molecule has 5 rings (SSSR count). The van der Waals surface area contributed by atoms with Crippen molar-refractivity contribution in [3.63, 3.8) is 0 Å². The smallest absolute Gasteiger partial charge is 0.240 e. The van der Waals surface area contributed by atoms with Crippen LogP contribution in [-0.2, 0) is 9.53 Å². The molecule has 3 aliphatic heterocycles. The fourth-order valence-corrected chi connectivity index (χ4v) is 3.83. The number of nitrogens with one attached hydrogen (secondary N) is 2. The van der Waals surface area contributed by atoms with E-state index in [1.807, 2.05) is 12.4 Å².